The molecule has 1 aromatic rings. The van der Waals surface area contributed by atoms with Crippen molar-refractivity contribution in [3.05, 3.63) is 28.2 Å². The fourth-order valence-electron chi connectivity index (χ4n) is 1.65. The summed E-state index contributed by atoms with van der Waals surface area (Å²) >= 11 is 3.00. The van der Waals surface area contributed by atoms with Crippen molar-refractivity contribution in [1.82, 2.24) is 0 Å². The zero-order valence-electron chi connectivity index (χ0n) is 10.3. The molecule has 0 aromatic heterocycles. The first kappa shape index (κ1) is 14.7. The van der Waals surface area contributed by atoms with E-state index in [1.165, 1.54) is 25.0 Å². The number of rotatable bonds is 7. The standard InChI is InChI=1S/C13H16BrF2NO2/c14-9-3-11(15)13(12(16)4-9)17-5-10(18)7-19-6-8-1-2-8/h3-4,8,10,17-18H,1-2,5-7H2. The lowest BCUT2D eigenvalue weighted by atomic mass is 10.2. The summed E-state index contributed by atoms with van der Waals surface area (Å²) in [6, 6.07) is 2.34. The molecule has 0 bridgehead atoms. The number of hydrogen-bond acceptors (Lipinski definition) is 3. The fourth-order valence-corrected chi connectivity index (χ4v) is 2.05. The number of aliphatic hydroxyl groups is 1. The Morgan fingerprint density at radius 2 is 2.00 bits per heavy atom. The highest BCUT2D eigenvalue weighted by molar-refractivity contribution is 9.10. The number of halogens is 3. The molecule has 106 valence electrons. The summed E-state index contributed by atoms with van der Waals surface area (Å²) in [7, 11) is 0. The third-order valence-corrected chi connectivity index (χ3v) is 3.34. The maximum absolute atomic E-state index is 13.5. The van der Waals surface area contributed by atoms with Gasteiger partial charge in [0.05, 0.1) is 12.7 Å². The van der Waals surface area contributed by atoms with Gasteiger partial charge in [0.1, 0.15) is 17.3 Å². The lowest BCUT2D eigenvalue weighted by molar-refractivity contribution is 0.0385. The topological polar surface area (TPSA) is 41.5 Å². The number of aliphatic hydroxyl groups excluding tert-OH is 1. The molecule has 0 aliphatic heterocycles. The monoisotopic (exact) mass is 335 g/mol. The smallest absolute Gasteiger partial charge is 0.150 e. The van der Waals surface area contributed by atoms with E-state index in [1.54, 1.807) is 0 Å². The zero-order chi connectivity index (χ0) is 13.8. The summed E-state index contributed by atoms with van der Waals surface area (Å²) in [6.07, 6.45) is 1.58. The first-order valence-corrected chi connectivity index (χ1v) is 6.99. The van der Waals surface area contributed by atoms with Crippen LogP contribution in [0.5, 0.6) is 0 Å². The Morgan fingerprint density at radius 1 is 1.37 bits per heavy atom. The summed E-state index contributed by atoms with van der Waals surface area (Å²) < 4.78 is 32.6. The Balaban J connectivity index is 1.77. The van der Waals surface area contributed by atoms with E-state index in [1.807, 2.05) is 0 Å². The van der Waals surface area contributed by atoms with Gasteiger partial charge in [-0.25, -0.2) is 8.78 Å². The molecule has 0 amide bonds. The number of ether oxygens (including phenoxy) is 1. The summed E-state index contributed by atoms with van der Waals surface area (Å²) in [5.41, 5.74) is -0.232. The highest BCUT2D eigenvalue weighted by atomic mass is 79.9. The Morgan fingerprint density at radius 3 is 2.58 bits per heavy atom. The molecule has 0 heterocycles. The molecule has 0 radical (unpaired) electrons. The van der Waals surface area contributed by atoms with Gasteiger partial charge in [-0.1, -0.05) is 15.9 Å². The minimum Gasteiger partial charge on any atom is -0.389 e. The molecule has 6 heteroatoms. The summed E-state index contributed by atoms with van der Waals surface area (Å²) in [5, 5.41) is 12.2. The van der Waals surface area contributed by atoms with Gasteiger partial charge in [-0.2, -0.15) is 0 Å². The van der Waals surface area contributed by atoms with Crippen LogP contribution < -0.4 is 5.32 Å². The normalized spacial score (nSPS) is 16.4. The average molecular weight is 336 g/mol. The van der Waals surface area contributed by atoms with Crippen LogP contribution in [0, 0.1) is 17.6 Å². The van der Waals surface area contributed by atoms with Crippen molar-refractivity contribution in [2.45, 2.75) is 18.9 Å². The predicted molar refractivity (Wildman–Crippen MR) is 72.1 cm³/mol. The molecule has 2 rings (SSSR count). The van der Waals surface area contributed by atoms with E-state index in [0.717, 1.165) is 0 Å². The van der Waals surface area contributed by atoms with E-state index in [0.29, 0.717) is 17.0 Å². The molecular formula is C13H16BrF2NO2. The molecule has 1 saturated carbocycles. The summed E-state index contributed by atoms with van der Waals surface area (Å²) in [6.45, 7) is 0.863. The largest absolute Gasteiger partial charge is 0.389 e. The van der Waals surface area contributed by atoms with E-state index >= 15 is 0 Å². The van der Waals surface area contributed by atoms with Gasteiger partial charge in [0, 0.05) is 17.6 Å². The van der Waals surface area contributed by atoms with Crippen LogP contribution in [-0.4, -0.2) is 31.0 Å². The third kappa shape index (κ3) is 4.71. The van der Waals surface area contributed by atoms with Crippen LogP contribution in [0.1, 0.15) is 12.8 Å². The minimum atomic E-state index is -0.791. The van der Waals surface area contributed by atoms with Crippen LogP contribution >= 0.6 is 15.9 Å². The molecule has 3 nitrogen and oxygen atoms in total. The van der Waals surface area contributed by atoms with Gasteiger partial charge < -0.3 is 15.2 Å². The average Bonchev–Trinajstić information content (AvgIpc) is 3.11. The molecule has 0 spiro atoms. The van der Waals surface area contributed by atoms with E-state index in [2.05, 4.69) is 21.2 Å². The van der Waals surface area contributed by atoms with Crippen molar-refractivity contribution >= 4 is 21.6 Å². The predicted octanol–water partition coefficient (Wildman–Crippen LogP) is 2.93. The quantitative estimate of drug-likeness (QED) is 0.805. The molecular weight excluding hydrogens is 320 g/mol. The van der Waals surface area contributed by atoms with Gasteiger partial charge in [0.2, 0.25) is 0 Å². The number of benzene rings is 1. The minimum absolute atomic E-state index is 0.0418. The van der Waals surface area contributed by atoms with Gasteiger partial charge in [-0.15, -0.1) is 0 Å². The molecule has 1 atom stereocenters. The van der Waals surface area contributed by atoms with Crippen molar-refractivity contribution in [3.63, 3.8) is 0 Å². The van der Waals surface area contributed by atoms with E-state index < -0.39 is 17.7 Å². The molecule has 1 aliphatic carbocycles. The van der Waals surface area contributed by atoms with Crippen LogP contribution in [0.25, 0.3) is 0 Å². The van der Waals surface area contributed by atoms with Crippen LogP contribution in [0.3, 0.4) is 0 Å². The fraction of sp³-hybridized carbons (Fsp3) is 0.538. The second-order valence-corrected chi connectivity index (χ2v) is 5.68. The Labute approximate surface area is 119 Å². The summed E-state index contributed by atoms with van der Waals surface area (Å²) in [5.74, 6) is -0.766. The second kappa shape index (κ2) is 6.63. The highest BCUT2D eigenvalue weighted by Crippen LogP contribution is 2.28. The van der Waals surface area contributed by atoms with Gasteiger partial charge in [-0.05, 0) is 30.9 Å². The van der Waals surface area contributed by atoms with Crippen LogP contribution in [-0.2, 0) is 4.74 Å². The second-order valence-electron chi connectivity index (χ2n) is 4.76. The van der Waals surface area contributed by atoms with Gasteiger partial charge >= 0.3 is 0 Å². The van der Waals surface area contributed by atoms with Crippen LogP contribution in [0.4, 0.5) is 14.5 Å². The molecule has 1 fully saturated rings. The molecule has 0 saturated heterocycles. The van der Waals surface area contributed by atoms with E-state index in [-0.39, 0.29) is 18.8 Å². The van der Waals surface area contributed by atoms with Crippen LogP contribution in [0.15, 0.2) is 16.6 Å². The number of anilines is 1. The zero-order valence-corrected chi connectivity index (χ0v) is 11.9. The molecule has 1 aliphatic rings. The van der Waals surface area contributed by atoms with Crippen molar-refractivity contribution in [2.75, 3.05) is 25.1 Å². The van der Waals surface area contributed by atoms with Crippen molar-refractivity contribution in [3.8, 4) is 0 Å². The maximum Gasteiger partial charge on any atom is 0.150 e. The lowest BCUT2D eigenvalue weighted by Crippen LogP contribution is -2.26. The van der Waals surface area contributed by atoms with Crippen molar-refractivity contribution < 1.29 is 18.6 Å². The van der Waals surface area contributed by atoms with Gasteiger partial charge in [0.15, 0.2) is 0 Å². The maximum atomic E-state index is 13.5. The molecule has 2 N–H and O–H groups in total. The molecule has 1 unspecified atom stereocenters. The van der Waals surface area contributed by atoms with Gasteiger partial charge in [0.25, 0.3) is 0 Å². The molecule has 19 heavy (non-hydrogen) atoms. The van der Waals surface area contributed by atoms with Crippen LogP contribution in [0.2, 0.25) is 0 Å². The number of hydrogen-bond donors (Lipinski definition) is 2. The lowest BCUT2D eigenvalue weighted by Gasteiger charge is -2.14. The summed E-state index contributed by atoms with van der Waals surface area (Å²) in [4.78, 5) is 0. The van der Waals surface area contributed by atoms with E-state index in [9.17, 15) is 13.9 Å². The highest BCUT2D eigenvalue weighted by Gasteiger charge is 2.21. The third-order valence-electron chi connectivity index (χ3n) is 2.88. The Kier molecular flexibility index (Phi) is 5.13. The van der Waals surface area contributed by atoms with Gasteiger partial charge in [-0.3, -0.25) is 0 Å². The Hall–Kier alpha value is -0.720. The van der Waals surface area contributed by atoms with E-state index in [4.69, 9.17) is 4.74 Å². The Bertz CT molecular complexity index is 418. The van der Waals surface area contributed by atoms with Crippen molar-refractivity contribution in [2.24, 2.45) is 5.92 Å². The number of nitrogens with one attached hydrogen (secondary N) is 1. The molecule has 1 aromatic carbocycles. The first-order valence-electron chi connectivity index (χ1n) is 6.20. The SMILES string of the molecule is OC(CNc1c(F)cc(Br)cc1F)COCC1CC1. The first-order chi connectivity index (χ1) is 9.06. The van der Waals surface area contributed by atoms with Crippen molar-refractivity contribution in [1.29, 1.82) is 0 Å².